The van der Waals surface area contributed by atoms with Crippen LogP contribution in [0.15, 0.2) is 47.4 Å². The van der Waals surface area contributed by atoms with Gasteiger partial charge < -0.3 is 4.74 Å². The molecule has 1 aromatic carbocycles. The molecule has 2 heterocycles. The van der Waals surface area contributed by atoms with Crippen LogP contribution >= 0.6 is 11.8 Å². The van der Waals surface area contributed by atoms with Gasteiger partial charge in [0.2, 0.25) is 0 Å². The minimum absolute atomic E-state index is 0.335. The number of benzene rings is 1. The summed E-state index contributed by atoms with van der Waals surface area (Å²) in [6, 6.07) is 13.5. The third kappa shape index (κ3) is 4.95. The molecule has 1 saturated heterocycles. The molecule has 0 saturated carbocycles. The van der Waals surface area contributed by atoms with Crippen LogP contribution in [0.2, 0.25) is 0 Å². The molecular weight excluding hydrogens is 348 g/mol. The molecule has 5 nitrogen and oxygen atoms in total. The molecule has 1 aliphatic heterocycles. The van der Waals surface area contributed by atoms with E-state index in [4.69, 9.17) is 4.74 Å². The summed E-state index contributed by atoms with van der Waals surface area (Å²) in [7, 11) is 0. The van der Waals surface area contributed by atoms with E-state index in [2.05, 4.69) is 23.3 Å². The summed E-state index contributed by atoms with van der Waals surface area (Å²) in [5.41, 5.74) is 3.00. The molecule has 26 heavy (non-hydrogen) atoms. The van der Waals surface area contributed by atoms with Gasteiger partial charge in [-0.25, -0.2) is 0 Å². The maximum atomic E-state index is 11.5. The maximum Gasteiger partial charge on any atom is 0.290 e. The first kappa shape index (κ1) is 18.2. The van der Waals surface area contributed by atoms with Crippen molar-refractivity contribution in [3.8, 4) is 5.75 Å². The lowest BCUT2D eigenvalue weighted by molar-refractivity contribution is -0.115. The predicted molar refractivity (Wildman–Crippen MR) is 103 cm³/mol. The molecule has 0 unspecified atom stereocenters. The number of rotatable bonds is 7. The van der Waals surface area contributed by atoms with Crippen LogP contribution in [-0.2, 0) is 17.6 Å². The van der Waals surface area contributed by atoms with E-state index in [0.29, 0.717) is 11.5 Å². The van der Waals surface area contributed by atoms with Crippen molar-refractivity contribution >= 4 is 29.0 Å². The number of amides is 2. The fourth-order valence-corrected chi connectivity index (χ4v) is 3.25. The molecular formula is C20H20N2O3S. The molecule has 1 aliphatic rings. The average molecular weight is 368 g/mol. The summed E-state index contributed by atoms with van der Waals surface area (Å²) in [4.78, 5) is 27.7. The van der Waals surface area contributed by atoms with Crippen LogP contribution in [-0.4, -0.2) is 22.7 Å². The van der Waals surface area contributed by atoms with Crippen molar-refractivity contribution in [3.63, 3.8) is 0 Å². The Kier molecular flexibility index (Phi) is 6.07. The molecule has 2 amide bonds. The summed E-state index contributed by atoms with van der Waals surface area (Å²) in [5.74, 6) is 0.412. The van der Waals surface area contributed by atoms with Gasteiger partial charge >= 0.3 is 0 Å². The third-order valence-electron chi connectivity index (χ3n) is 3.82. The molecule has 1 fully saturated rings. The van der Waals surface area contributed by atoms with Gasteiger partial charge in [-0.3, -0.25) is 19.9 Å². The Morgan fingerprint density at radius 3 is 2.46 bits per heavy atom. The van der Waals surface area contributed by atoms with Crippen molar-refractivity contribution in [3.05, 3.63) is 64.3 Å². The van der Waals surface area contributed by atoms with E-state index >= 15 is 0 Å². The molecule has 3 rings (SSSR count). The van der Waals surface area contributed by atoms with Gasteiger partial charge in [0.15, 0.2) is 0 Å². The van der Waals surface area contributed by atoms with Gasteiger partial charge in [0.1, 0.15) is 5.75 Å². The van der Waals surface area contributed by atoms with Gasteiger partial charge in [-0.05, 0) is 54.1 Å². The third-order valence-corrected chi connectivity index (χ3v) is 4.63. The highest BCUT2D eigenvalue weighted by Gasteiger charge is 2.24. The topological polar surface area (TPSA) is 68.3 Å². The SMILES string of the molecule is CCCc1cccc(CCOc2ccc(C=C3SC(=O)NC3=O)cc2)n1. The Bertz CT molecular complexity index is 831. The van der Waals surface area contributed by atoms with Gasteiger partial charge in [-0.2, -0.15) is 0 Å². The monoisotopic (exact) mass is 368 g/mol. The minimum Gasteiger partial charge on any atom is -0.493 e. The first-order chi connectivity index (χ1) is 12.6. The summed E-state index contributed by atoms with van der Waals surface area (Å²) >= 11 is 0.912. The van der Waals surface area contributed by atoms with E-state index < -0.39 is 0 Å². The number of pyridine rings is 1. The van der Waals surface area contributed by atoms with E-state index in [9.17, 15) is 9.59 Å². The lowest BCUT2D eigenvalue weighted by Gasteiger charge is -2.07. The Labute approximate surface area is 156 Å². The summed E-state index contributed by atoms with van der Waals surface area (Å²) in [6.45, 7) is 2.70. The van der Waals surface area contributed by atoms with E-state index in [1.54, 1.807) is 6.08 Å². The first-order valence-electron chi connectivity index (χ1n) is 8.56. The highest BCUT2D eigenvalue weighted by molar-refractivity contribution is 8.18. The molecule has 1 N–H and O–H groups in total. The number of carbonyl (C=O) groups excluding carboxylic acids is 2. The van der Waals surface area contributed by atoms with Gasteiger partial charge in [0, 0.05) is 17.8 Å². The second-order valence-corrected chi connectivity index (χ2v) is 6.90. The lowest BCUT2D eigenvalue weighted by Crippen LogP contribution is -2.17. The molecule has 0 bridgehead atoms. The lowest BCUT2D eigenvalue weighted by atomic mass is 10.2. The average Bonchev–Trinajstić information content (AvgIpc) is 2.94. The number of imide groups is 1. The van der Waals surface area contributed by atoms with E-state index in [1.807, 2.05) is 36.4 Å². The summed E-state index contributed by atoms with van der Waals surface area (Å²) < 4.78 is 5.77. The van der Waals surface area contributed by atoms with Gasteiger partial charge in [0.05, 0.1) is 11.5 Å². The number of carbonyl (C=O) groups is 2. The van der Waals surface area contributed by atoms with E-state index in [-0.39, 0.29) is 11.1 Å². The van der Waals surface area contributed by atoms with Crippen LogP contribution in [0.5, 0.6) is 5.75 Å². The first-order valence-corrected chi connectivity index (χ1v) is 9.38. The fraction of sp³-hybridized carbons (Fsp3) is 0.250. The number of nitrogens with one attached hydrogen (secondary N) is 1. The van der Waals surface area contributed by atoms with Crippen LogP contribution in [0, 0.1) is 0 Å². The predicted octanol–water partition coefficient (Wildman–Crippen LogP) is 3.98. The zero-order valence-electron chi connectivity index (χ0n) is 14.5. The molecule has 0 spiro atoms. The number of aryl methyl sites for hydroxylation is 1. The highest BCUT2D eigenvalue weighted by Crippen LogP contribution is 2.26. The molecule has 0 radical (unpaired) electrons. The van der Waals surface area contributed by atoms with Crippen molar-refractivity contribution in [1.29, 1.82) is 0 Å². The largest absolute Gasteiger partial charge is 0.493 e. The van der Waals surface area contributed by atoms with Crippen LogP contribution in [0.25, 0.3) is 6.08 Å². The van der Waals surface area contributed by atoms with Crippen molar-refractivity contribution in [2.75, 3.05) is 6.61 Å². The quantitative estimate of drug-likeness (QED) is 0.749. The minimum atomic E-state index is -0.349. The van der Waals surface area contributed by atoms with Crippen LogP contribution in [0.1, 0.15) is 30.3 Å². The Hall–Kier alpha value is -2.60. The van der Waals surface area contributed by atoms with Crippen LogP contribution in [0.3, 0.4) is 0 Å². The van der Waals surface area contributed by atoms with Crippen molar-refractivity contribution in [1.82, 2.24) is 10.3 Å². The smallest absolute Gasteiger partial charge is 0.290 e. The van der Waals surface area contributed by atoms with Crippen LogP contribution in [0.4, 0.5) is 4.79 Å². The van der Waals surface area contributed by atoms with Crippen molar-refractivity contribution in [2.45, 2.75) is 26.2 Å². The van der Waals surface area contributed by atoms with Crippen molar-refractivity contribution < 1.29 is 14.3 Å². The van der Waals surface area contributed by atoms with Crippen LogP contribution < -0.4 is 10.1 Å². The van der Waals surface area contributed by atoms with Gasteiger partial charge in [-0.15, -0.1) is 0 Å². The molecule has 0 aliphatic carbocycles. The van der Waals surface area contributed by atoms with Gasteiger partial charge in [-0.1, -0.05) is 31.5 Å². The number of hydrogen-bond acceptors (Lipinski definition) is 5. The molecule has 0 atom stereocenters. The van der Waals surface area contributed by atoms with E-state index in [0.717, 1.165) is 53.7 Å². The van der Waals surface area contributed by atoms with Gasteiger partial charge in [0.25, 0.3) is 11.1 Å². The Morgan fingerprint density at radius 2 is 1.81 bits per heavy atom. The second kappa shape index (κ2) is 8.67. The number of nitrogens with zero attached hydrogens (tertiary/aromatic N) is 1. The number of hydrogen-bond donors (Lipinski definition) is 1. The van der Waals surface area contributed by atoms with Crippen molar-refractivity contribution in [2.24, 2.45) is 0 Å². The Morgan fingerprint density at radius 1 is 1.08 bits per heavy atom. The Balaban J connectivity index is 1.53. The zero-order chi connectivity index (χ0) is 18.4. The maximum absolute atomic E-state index is 11.5. The molecule has 1 aromatic heterocycles. The normalized spacial score (nSPS) is 15.3. The number of thioether (sulfide) groups is 1. The summed E-state index contributed by atoms with van der Waals surface area (Å²) in [6.07, 6.45) is 4.53. The number of aromatic nitrogens is 1. The number of ether oxygens (including phenoxy) is 1. The second-order valence-electron chi connectivity index (χ2n) is 5.89. The molecule has 6 heteroatoms. The highest BCUT2D eigenvalue weighted by atomic mass is 32.2. The molecule has 2 aromatic rings. The molecule has 134 valence electrons. The zero-order valence-corrected chi connectivity index (χ0v) is 15.3. The fourth-order valence-electron chi connectivity index (χ4n) is 2.57. The van der Waals surface area contributed by atoms with E-state index in [1.165, 1.54) is 0 Å². The summed E-state index contributed by atoms with van der Waals surface area (Å²) in [5, 5.41) is 1.90. The standard InChI is InChI=1S/C20H20N2O3S/c1-2-4-15-5-3-6-16(21-15)11-12-25-17-9-7-14(8-10-17)13-18-19(23)22-20(24)26-18/h3,5-10,13H,2,4,11-12H2,1H3,(H,22,23,24).